The molecule has 0 amide bonds. The molecular weight excluding hydrogens is 230 g/mol. The molecule has 0 bridgehead atoms. The molecule has 18 heavy (non-hydrogen) atoms. The Bertz CT molecular complexity index is 443. The van der Waals surface area contributed by atoms with E-state index in [-0.39, 0.29) is 16.9 Å². The zero-order chi connectivity index (χ0) is 13.3. The molecule has 1 aromatic rings. The highest BCUT2D eigenvalue weighted by Crippen LogP contribution is 2.39. The molecule has 0 heterocycles. The Labute approximate surface area is 107 Å². The molecule has 1 atom stereocenters. The van der Waals surface area contributed by atoms with Gasteiger partial charge in [0.15, 0.2) is 11.5 Å². The molecule has 1 aliphatic carbocycles. The van der Waals surface area contributed by atoms with Crippen molar-refractivity contribution in [1.29, 1.82) is 0 Å². The van der Waals surface area contributed by atoms with Gasteiger partial charge in [0.25, 0.3) is 0 Å². The van der Waals surface area contributed by atoms with Crippen molar-refractivity contribution in [2.75, 3.05) is 0 Å². The van der Waals surface area contributed by atoms with Crippen LogP contribution in [0.25, 0.3) is 0 Å². The molecule has 0 saturated heterocycles. The Hall–Kier alpha value is -1.42. The first kappa shape index (κ1) is 13.0. The van der Waals surface area contributed by atoms with Gasteiger partial charge in [-0.05, 0) is 24.3 Å². The summed E-state index contributed by atoms with van der Waals surface area (Å²) in [4.78, 5) is 0. The maximum absolute atomic E-state index is 9.73. The standard InChI is InChI=1S/C14H21NO3/c1-14(2)7-3-4-11(14)15-8-9-5-6-10(16)13(18)12(9)17/h5-6,11,15-18H,3-4,7-8H2,1-2H3. The van der Waals surface area contributed by atoms with Crippen molar-refractivity contribution in [1.82, 2.24) is 5.32 Å². The van der Waals surface area contributed by atoms with Crippen LogP contribution >= 0.6 is 0 Å². The van der Waals surface area contributed by atoms with Gasteiger partial charge < -0.3 is 20.6 Å². The van der Waals surface area contributed by atoms with E-state index in [0.717, 1.165) is 6.42 Å². The number of rotatable bonds is 3. The maximum atomic E-state index is 9.73. The second kappa shape index (κ2) is 4.69. The quantitative estimate of drug-likeness (QED) is 0.623. The number of nitrogens with one attached hydrogen (secondary N) is 1. The SMILES string of the molecule is CC1(C)CCCC1NCc1ccc(O)c(O)c1O. The zero-order valence-corrected chi connectivity index (χ0v) is 10.9. The minimum atomic E-state index is -0.444. The third kappa shape index (κ3) is 2.38. The Morgan fingerprint density at radius 3 is 2.56 bits per heavy atom. The average molecular weight is 251 g/mol. The first-order valence-corrected chi connectivity index (χ1v) is 6.38. The third-order valence-corrected chi connectivity index (χ3v) is 4.01. The molecule has 4 N–H and O–H groups in total. The van der Waals surface area contributed by atoms with Crippen LogP contribution in [-0.2, 0) is 6.54 Å². The van der Waals surface area contributed by atoms with Gasteiger partial charge in [0.1, 0.15) is 0 Å². The lowest BCUT2D eigenvalue weighted by Gasteiger charge is -2.28. The van der Waals surface area contributed by atoms with Crippen molar-refractivity contribution >= 4 is 0 Å². The van der Waals surface area contributed by atoms with Crippen molar-refractivity contribution < 1.29 is 15.3 Å². The number of phenols is 3. The molecule has 4 nitrogen and oxygen atoms in total. The summed E-state index contributed by atoms with van der Waals surface area (Å²) in [6, 6.07) is 3.44. The van der Waals surface area contributed by atoms with Gasteiger partial charge in [-0.2, -0.15) is 0 Å². The number of phenolic OH excluding ortho intramolecular Hbond substituents is 3. The number of aromatic hydroxyl groups is 3. The number of benzene rings is 1. The molecule has 1 aliphatic rings. The summed E-state index contributed by atoms with van der Waals surface area (Å²) in [6.45, 7) is 4.98. The summed E-state index contributed by atoms with van der Waals surface area (Å²) in [5.74, 6) is -0.976. The fourth-order valence-corrected chi connectivity index (χ4v) is 2.69. The molecule has 0 aromatic heterocycles. The molecule has 1 unspecified atom stereocenters. The van der Waals surface area contributed by atoms with E-state index in [1.165, 1.54) is 18.9 Å². The summed E-state index contributed by atoms with van der Waals surface area (Å²) in [7, 11) is 0. The highest BCUT2D eigenvalue weighted by Gasteiger charge is 2.33. The molecule has 0 spiro atoms. The van der Waals surface area contributed by atoms with Gasteiger partial charge in [-0.1, -0.05) is 26.3 Å². The van der Waals surface area contributed by atoms with Crippen LogP contribution in [0.1, 0.15) is 38.7 Å². The highest BCUT2D eigenvalue weighted by atomic mass is 16.3. The minimum Gasteiger partial charge on any atom is -0.504 e. The van der Waals surface area contributed by atoms with Crippen LogP contribution in [0.15, 0.2) is 12.1 Å². The molecule has 0 radical (unpaired) electrons. The average Bonchev–Trinajstić information content (AvgIpc) is 2.65. The van der Waals surface area contributed by atoms with Crippen molar-refractivity contribution in [3.63, 3.8) is 0 Å². The van der Waals surface area contributed by atoms with Crippen molar-refractivity contribution in [2.24, 2.45) is 5.41 Å². The molecule has 1 aromatic carbocycles. The van der Waals surface area contributed by atoms with Crippen LogP contribution in [0.2, 0.25) is 0 Å². The van der Waals surface area contributed by atoms with E-state index in [1.807, 2.05) is 0 Å². The Morgan fingerprint density at radius 1 is 1.22 bits per heavy atom. The van der Waals surface area contributed by atoms with E-state index in [2.05, 4.69) is 19.2 Å². The van der Waals surface area contributed by atoms with Crippen LogP contribution in [0, 0.1) is 5.41 Å². The topological polar surface area (TPSA) is 72.7 Å². The molecule has 1 fully saturated rings. The molecular formula is C14H21NO3. The largest absolute Gasteiger partial charge is 0.504 e. The molecule has 4 heteroatoms. The van der Waals surface area contributed by atoms with Gasteiger partial charge in [0.2, 0.25) is 5.75 Å². The zero-order valence-electron chi connectivity index (χ0n) is 10.9. The Balaban J connectivity index is 2.05. The predicted octanol–water partition coefficient (Wildman–Crippen LogP) is 2.47. The molecule has 1 saturated carbocycles. The summed E-state index contributed by atoms with van der Waals surface area (Å²) in [5, 5.41) is 31.9. The van der Waals surface area contributed by atoms with E-state index < -0.39 is 5.75 Å². The fourth-order valence-electron chi connectivity index (χ4n) is 2.69. The van der Waals surface area contributed by atoms with E-state index in [9.17, 15) is 15.3 Å². The smallest absolute Gasteiger partial charge is 0.200 e. The Kier molecular flexibility index (Phi) is 3.39. The second-order valence-corrected chi connectivity index (χ2v) is 5.76. The Morgan fingerprint density at radius 2 is 1.94 bits per heavy atom. The molecule has 100 valence electrons. The lowest BCUT2D eigenvalue weighted by Crippen LogP contribution is -2.37. The van der Waals surface area contributed by atoms with E-state index in [0.29, 0.717) is 18.2 Å². The summed E-state index contributed by atoms with van der Waals surface area (Å²) >= 11 is 0. The second-order valence-electron chi connectivity index (χ2n) is 5.76. The molecule has 2 rings (SSSR count). The molecule has 0 aliphatic heterocycles. The predicted molar refractivity (Wildman–Crippen MR) is 69.7 cm³/mol. The van der Waals surface area contributed by atoms with E-state index in [1.54, 1.807) is 6.07 Å². The van der Waals surface area contributed by atoms with Crippen LogP contribution in [0.4, 0.5) is 0 Å². The first-order chi connectivity index (χ1) is 8.42. The summed E-state index contributed by atoms with van der Waals surface area (Å²) < 4.78 is 0. The lowest BCUT2D eigenvalue weighted by atomic mass is 9.87. The van der Waals surface area contributed by atoms with Crippen molar-refractivity contribution in [2.45, 2.75) is 45.7 Å². The van der Waals surface area contributed by atoms with Gasteiger partial charge in [-0.25, -0.2) is 0 Å². The lowest BCUT2D eigenvalue weighted by molar-refractivity contribution is 0.281. The van der Waals surface area contributed by atoms with Gasteiger partial charge in [0, 0.05) is 18.2 Å². The van der Waals surface area contributed by atoms with Crippen LogP contribution < -0.4 is 5.32 Å². The summed E-state index contributed by atoms with van der Waals surface area (Å²) in [5.41, 5.74) is 0.877. The maximum Gasteiger partial charge on any atom is 0.200 e. The van der Waals surface area contributed by atoms with Crippen LogP contribution in [-0.4, -0.2) is 21.4 Å². The van der Waals surface area contributed by atoms with Gasteiger partial charge in [-0.3, -0.25) is 0 Å². The highest BCUT2D eigenvalue weighted by molar-refractivity contribution is 5.53. The first-order valence-electron chi connectivity index (χ1n) is 6.38. The van der Waals surface area contributed by atoms with Gasteiger partial charge in [0.05, 0.1) is 0 Å². The third-order valence-electron chi connectivity index (χ3n) is 4.01. The van der Waals surface area contributed by atoms with Crippen molar-refractivity contribution in [3.8, 4) is 17.2 Å². The van der Waals surface area contributed by atoms with Crippen LogP contribution in [0.3, 0.4) is 0 Å². The number of hydrogen-bond acceptors (Lipinski definition) is 4. The monoisotopic (exact) mass is 251 g/mol. The van der Waals surface area contributed by atoms with E-state index in [4.69, 9.17) is 0 Å². The minimum absolute atomic E-state index is 0.238. The van der Waals surface area contributed by atoms with Gasteiger partial charge >= 0.3 is 0 Å². The number of hydrogen-bond donors (Lipinski definition) is 4. The van der Waals surface area contributed by atoms with E-state index >= 15 is 0 Å². The van der Waals surface area contributed by atoms with Crippen LogP contribution in [0.5, 0.6) is 17.2 Å². The fraction of sp³-hybridized carbons (Fsp3) is 0.571. The van der Waals surface area contributed by atoms with Crippen molar-refractivity contribution in [3.05, 3.63) is 17.7 Å². The normalized spacial score (nSPS) is 22.2. The van der Waals surface area contributed by atoms with Gasteiger partial charge in [-0.15, -0.1) is 0 Å². The summed E-state index contributed by atoms with van der Waals surface area (Å²) in [6.07, 6.45) is 3.56.